The van der Waals surface area contributed by atoms with Crippen molar-refractivity contribution in [1.82, 2.24) is 9.97 Å². The van der Waals surface area contributed by atoms with Crippen LogP contribution in [0.2, 0.25) is 0 Å². The molecule has 0 aliphatic carbocycles. The molecule has 0 atom stereocenters. The van der Waals surface area contributed by atoms with Crippen molar-refractivity contribution in [2.45, 2.75) is 17.6 Å². The summed E-state index contributed by atoms with van der Waals surface area (Å²) < 4.78 is 24.4. The highest BCUT2D eigenvalue weighted by Gasteiger charge is 2.18. The molecule has 0 saturated carbocycles. The molecule has 5 nitrogen and oxygen atoms in total. The highest BCUT2D eigenvalue weighted by atomic mass is 32.2. The van der Waals surface area contributed by atoms with Crippen molar-refractivity contribution >= 4 is 15.5 Å². The van der Waals surface area contributed by atoms with E-state index in [4.69, 9.17) is 5.73 Å². The van der Waals surface area contributed by atoms with Gasteiger partial charge in [-0.15, -0.1) is 0 Å². The van der Waals surface area contributed by atoms with Gasteiger partial charge in [0.1, 0.15) is 0 Å². The van der Waals surface area contributed by atoms with Crippen LogP contribution in [0, 0.1) is 6.92 Å². The largest absolute Gasteiger partial charge is 0.396 e. The van der Waals surface area contributed by atoms with E-state index in [-0.39, 0.29) is 16.3 Å². The minimum absolute atomic E-state index is 0.0980. The second kappa shape index (κ2) is 4.73. The number of pyridine rings is 2. The Morgan fingerprint density at radius 1 is 1.28 bits per heavy atom. The first-order chi connectivity index (χ1) is 8.49. The molecule has 0 spiro atoms. The van der Waals surface area contributed by atoms with Crippen LogP contribution >= 0.6 is 0 Å². The van der Waals surface area contributed by atoms with Gasteiger partial charge in [0, 0.05) is 11.9 Å². The Labute approximate surface area is 106 Å². The molecule has 0 aliphatic rings. The monoisotopic (exact) mass is 263 g/mol. The van der Waals surface area contributed by atoms with E-state index in [0.29, 0.717) is 5.69 Å². The summed E-state index contributed by atoms with van der Waals surface area (Å²) in [4.78, 5) is 8.05. The molecule has 0 unspecified atom stereocenters. The predicted octanol–water partition coefficient (Wildman–Crippen LogP) is 1.34. The molecule has 0 radical (unpaired) electrons. The van der Waals surface area contributed by atoms with Crippen LogP contribution in [0.4, 0.5) is 5.69 Å². The van der Waals surface area contributed by atoms with Crippen LogP contribution < -0.4 is 5.73 Å². The van der Waals surface area contributed by atoms with Gasteiger partial charge in [0.2, 0.25) is 0 Å². The van der Waals surface area contributed by atoms with E-state index in [2.05, 4.69) is 9.97 Å². The van der Waals surface area contributed by atoms with Gasteiger partial charge in [-0.25, -0.2) is 8.42 Å². The fourth-order valence-electron chi connectivity index (χ4n) is 1.63. The number of anilines is 1. The van der Waals surface area contributed by atoms with Gasteiger partial charge in [0.25, 0.3) is 0 Å². The number of nitrogens with zero attached hydrogens (tertiary/aromatic N) is 2. The van der Waals surface area contributed by atoms with Gasteiger partial charge in [0.05, 0.1) is 28.2 Å². The molecule has 2 aromatic heterocycles. The zero-order valence-electron chi connectivity index (χ0n) is 9.87. The molecule has 2 aromatic rings. The Morgan fingerprint density at radius 2 is 2.06 bits per heavy atom. The number of hydrogen-bond donors (Lipinski definition) is 1. The third kappa shape index (κ3) is 2.65. The molecule has 6 heteroatoms. The maximum atomic E-state index is 12.2. The van der Waals surface area contributed by atoms with Crippen LogP contribution in [-0.4, -0.2) is 18.4 Å². The zero-order chi connectivity index (χ0) is 13.2. The van der Waals surface area contributed by atoms with Crippen molar-refractivity contribution < 1.29 is 8.42 Å². The summed E-state index contributed by atoms with van der Waals surface area (Å²) in [6.45, 7) is 1.82. The van der Waals surface area contributed by atoms with Crippen LogP contribution in [0.1, 0.15) is 11.4 Å². The summed E-state index contributed by atoms with van der Waals surface area (Å²) in [6, 6.07) is 6.68. The maximum Gasteiger partial charge on any atom is 0.186 e. The van der Waals surface area contributed by atoms with E-state index in [1.54, 1.807) is 12.1 Å². The average Bonchev–Trinajstić information content (AvgIpc) is 2.28. The minimum atomic E-state index is -3.49. The van der Waals surface area contributed by atoms with Crippen LogP contribution in [0.25, 0.3) is 0 Å². The van der Waals surface area contributed by atoms with Crippen molar-refractivity contribution in [3.05, 3.63) is 48.0 Å². The standard InChI is InChI=1S/C12H13N3O2S/c1-9-3-2-4-10(15-9)8-18(16,17)12-5-6-14-7-11(12)13/h2-7H,8,13H2,1H3. The smallest absolute Gasteiger partial charge is 0.186 e. The van der Waals surface area contributed by atoms with Crippen LogP contribution in [0.3, 0.4) is 0 Å². The molecule has 0 fully saturated rings. The van der Waals surface area contributed by atoms with Crippen molar-refractivity contribution in [2.75, 3.05) is 5.73 Å². The number of hydrogen-bond acceptors (Lipinski definition) is 5. The van der Waals surface area contributed by atoms with Gasteiger partial charge in [0.15, 0.2) is 9.84 Å². The second-order valence-corrected chi connectivity index (χ2v) is 5.90. The summed E-state index contributed by atoms with van der Waals surface area (Å²) in [5.41, 5.74) is 7.07. The first-order valence-corrected chi connectivity index (χ1v) is 6.99. The number of sulfone groups is 1. The van der Waals surface area contributed by atoms with E-state index in [9.17, 15) is 8.42 Å². The first-order valence-electron chi connectivity index (χ1n) is 5.34. The molecule has 2 rings (SSSR count). The van der Waals surface area contributed by atoms with Gasteiger partial charge in [-0.05, 0) is 25.1 Å². The minimum Gasteiger partial charge on any atom is -0.396 e. The molecule has 2 heterocycles. The summed E-state index contributed by atoms with van der Waals surface area (Å²) >= 11 is 0. The van der Waals surface area contributed by atoms with Crippen LogP contribution in [0.15, 0.2) is 41.6 Å². The van der Waals surface area contributed by atoms with Crippen molar-refractivity contribution in [1.29, 1.82) is 0 Å². The molecular weight excluding hydrogens is 250 g/mol. The lowest BCUT2D eigenvalue weighted by atomic mass is 10.3. The van der Waals surface area contributed by atoms with Crippen LogP contribution in [-0.2, 0) is 15.6 Å². The average molecular weight is 263 g/mol. The van der Waals surface area contributed by atoms with E-state index in [1.165, 1.54) is 18.5 Å². The van der Waals surface area contributed by atoms with E-state index in [1.807, 2.05) is 13.0 Å². The summed E-state index contributed by atoms with van der Waals surface area (Å²) in [5, 5.41) is 0. The predicted molar refractivity (Wildman–Crippen MR) is 68.5 cm³/mol. The first kappa shape index (κ1) is 12.5. The fourth-order valence-corrected chi connectivity index (χ4v) is 3.02. The van der Waals surface area contributed by atoms with Crippen molar-refractivity contribution in [3.63, 3.8) is 0 Å². The maximum absolute atomic E-state index is 12.2. The van der Waals surface area contributed by atoms with E-state index < -0.39 is 9.84 Å². The van der Waals surface area contributed by atoms with E-state index >= 15 is 0 Å². The lowest BCUT2D eigenvalue weighted by Gasteiger charge is -2.06. The number of aromatic nitrogens is 2. The highest BCUT2D eigenvalue weighted by molar-refractivity contribution is 7.90. The normalized spacial score (nSPS) is 11.4. The molecular formula is C12H13N3O2S. The van der Waals surface area contributed by atoms with E-state index in [0.717, 1.165) is 5.69 Å². The quantitative estimate of drug-likeness (QED) is 0.903. The van der Waals surface area contributed by atoms with Crippen LogP contribution in [0.5, 0.6) is 0 Å². The molecule has 94 valence electrons. The Balaban J connectivity index is 2.37. The zero-order valence-corrected chi connectivity index (χ0v) is 10.7. The molecule has 18 heavy (non-hydrogen) atoms. The Hall–Kier alpha value is -1.95. The summed E-state index contributed by atoms with van der Waals surface area (Å²) in [6.07, 6.45) is 2.74. The number of nitrogen functional groups attached to an aromatic ring is 1. The lowest BCUT2D eigenvalue weighted by molar-refractivity contribution is 0.595. The third-order valence-corrected chi connectivity index (χ3v) is 4.15. The summed E-state index contributed by atoms with van der Waals surface area (Å²) in [7, 11) is -3.49. The van der Waals surface area contributed by atoms with Gasteiger partial charge >= 0.3 is 0 Å². The molecule has 0 amide bonds. The second-order valence-electron chi connectivity index (χ2n) is 3.94. The molecule has 0 saturated heterocycles. The number of aryl methyl sites for hydroxylation is 1. The third-order valence-electron chi connectivity index (χ3n) is 2.43. The molecule has 0 bridgehead atoms. The molecule has 0 aromatic carbocycles. The summed E-state index contributed by atoms with van der Waals surface area (Å²) in [5.74, 6) is -0.164. The topological polar surface area (TPSA) is 85.9 Å². The highest BCUT2D eigenvalue weighted by Crippen LogP contribution is 2.20. The van der Waals surface area contributed by atoms with Crippen molar-refractivity contribution in [3.8, 4) is 0 Å². The Kier molecular flexibility index (Phi) is 3.29. The number of rotatable bonds is 3. The van der Waals surface area contributed by atoms with Gasteiger partial charge in [-0.2, -0.15) is 0 Å². The van der Waals surface area contributed by atoms with Gasteiger partial charge < -0.3 is 5.73 Å². The van der Waals surface area contributed by atoms with Crippen molar-refractivity contribution in [2.24, 2.45) is 0 Å². The lowest BCUT2D eigenvalue weighted by Crippen LogP contribution is -2.09. The molecule has 0 aliphatic heterocycles. The Bertz CT molecular complexity index is 669. The fraction of sp³-hybridized carbons (Fsp3) is 0.167. The molecule has 2 N–H and O–H groups in total. The Morgan fingerprint density at radius 3 is 2.72 bits per heavy atom. The van der Waals surface area contributed by atoms with Gasteiger partial charge in [-0.1, -0.05) is 6.07 Å². The van der Waals surface area contributed by atoms with Gasteiger partial charge in [-0.3, -0.25) is 9.97 Å². The SMILES string of the molecule is Cc1cccc(CS(=O)(=O)c2ccncc2N)n1. The number of nitrogens with two attached hydrogens (primary N) is 1.